The first kappa shape index (κ1) is 16.1. The lowest BCUT2D eigenvalue weighted by Gasteiger charge is -2.35. The van der Waals surface area contributed by atoms with Crippen LogP contribution < -0.4 is 5.73 Å². The Bertz CT molecular complexity index is 606. The highest BCUT2D eigenvalue weighted by molar-refractivity contribution is 5.52. The van der Waals surface area contributed by atoms with E-state index in [-0.39, 0.29) is 0 Å². The molecule has 1 aromatic heterocycles. The molecule has 0 amide bonds. The van der Waals surface area contributed by atoms with Crippen molar-refractivity contribution in [3.05, 3.63) is 53.5 Å². The van der Waals surface area contributed by atoms with Crippen LogP contribution in [-0.4, -0.2) is 24.0 Å². The molecule has 3 heteroatoms. The minimum atomic E-state index is 0.665. The van der Waals surface area contributed by atoms with Crippen LogP contribution in [0.3, 0.4) is 0 Å². The lowest BCUT2D eigenvalue weighted by atomic mass is 9.86. The summed E-state index contributed by atoms with van der Waals surface area (Å²) in [5.74, 6) is 1.11. The molecule has 1 aliphatic carbocycles. The zero-order valence-electron chi connectivity index (χ0n) is 14.1. The standard InChI is InChI=1S/C20H28N2O/c1-2-22(13-4-3-8-18-9-6-14-23-18)17-11-12-19-16(15-17)7-5-10-20(19)21/h5-7,9-10,14,17H,2-4,8,11-13,15,21H2,1H3. The van der Waals surface area contributed by atoms with E-state index >= 15 is 0 Å². The number of unbranched alkanes of at least 4 members (excludes halogenated alkanes) is 1. The lowest BCUT2D eigenvalue weighted by Crippen LogP contribution is -2.40. The molecule has 1 unspecified atom stereocenters. The SMILES string of the molecule is CCN(CCCCc1ccco1)C1CCc2c(N)cccc2C1. The number of hydrogen-bond acceptors (Lipinski definition) is 3. The molecule has 3 nitrogen and oxygen atoms in total. The largest absolute Gasteiger partial charge is 0.469 e. The minimum absolute atomic E-state index is 0.665. The van der Waals surface area contributed by atoms with E-state index < -0.39 is 0 Å². The van der Waals surface area contributed by atoms with Gasteiger partial charge in [0.15, 0.2) is 0 Å². The quantitative estimate of drug-likeness (QED) is 0.619. The number of likely N-dealkylation sites (N-methyl/N-ethyl adjacent to an activating group) is 1. The Balaban J connectivity index is 1.50. The van der Waals surface area contributed by atoms with E-state index in [0.29, 0.717) is 6.04 Å². The van der Waals surface area contributed by atoms with Gasteiger partial charge < -0.3 is 15.1 Å². The Morgan fingerprint density at radius 3 is 2.91 bits per heavy atom. The molecule has 0 saturated carbocycles. The number of anilines is 1. The average Bonchev–Trinajstić information content (AvgIpc) is 3.08. The second kappa shape index (κ2) is 7.69. The highest BCUT2D eigenvalue weighted by Gasteiger charge is 2.24. The third-order valence-corrected chi connectivity index (χ3v) is 5.11. The van der Waals surface area contributed by atoms with E-state index in [1.165, 1.54) is 36.9 Å². The van der Waals surface area contributed by atoms with Gasteiger partial charge in [-0.1, -0.05) is 19.1 Å². The molecular weight excluding hydrogens is 284 g/mol. The predicted octanol–water partition coefficient (Wildman–Crippen LogP) is 4.06. The summed E-state index contributed by atoms with van der Waals surface area (Å²) >= 11 is 0. The third kappa shape index (κ3) is 3.97. The third-order valence-electron chi connectivity index (χ3n) is 5.11. The second-order valence-corrected chi connectivity index (χ2v) is 6.55. The number of benzene rings is 1. The smallest absolute Gasteiger partial charge is 0.103 e. The summed E-state index contributed by atoms with van der Waals surface area (Å²) < 4.78 is 5.41. The topological polar surface area (TPSA) is 42.4 Å². The first-order valence-electron chi connectivity index (χ1n) is 8.90. The lowest BCUT2D eigenvalue weighted by molar-refractivity contribution is 0.185. The summed E-state index contributed by atoms with van der Waals surface area (Å²) in [6.07, 6.45) is 8.73. The van der Waals surface area contributed by atoms with Gasteiger partial charge in [0, 0.05) is 18.2 Å². The minimum Gasteiger partial charge on any atom is -0.469 e. The molecule has 0 aliphatic heterocycles. The molecule has 3 rings (SSSR count). The van der Waals surface area contributed by atoms with Gasteiger partial charge in [0.2, 0.25) is 0 Å². The van der Waals surface area contributed by atoms with E-state index in [4.69, 9.17) is 10.2 Å². The van der Waals surface area contributed by atoms with Crippen LogP contribution in [0.25, 0.3) is 0 Å². The summed E-state index contributed by atoms with van der Waals surface area (Å²) in [5, 5.41) is 0. The molecule has 1 aliphatic rings. The molecule has 0 radical (unpaired) electrons. The number of nitrogens with zero attached hydrogens (tertiary/aromatic N) is 1. The molecule has 1 aromatic carbocycles. The van der Waals surface area contributed by atoms with E-state index in [0.717, 1.165) is 37.3 Å². The van der Waals surface area contributed by atoms with Gasteiger partial charge in [0.05, 0.1) is 6.26 Å². The van der Waals surface area contributed by atoms with Gasteiger partial charge in [0.1, 0.15) is 5.76 Å². The Labute approximate surface area is 139 Å². The zero-order chi connectivity index (χ0) is 16.1. The number of nitrogens with two attached hydrogens (primary N) is 1. The van der Waals surface area contributed by atoms with Crippen molar-refractivity contribution in [2.45, 2.75) is 51.5 Å². The van der Waals surface area contributed by atoms with Crippen molar-refractivity contribution in [3.63, 3.8) is 0 Å². The van der Waals surface area contributed by atoms with Crippen LogP contribution >= 0.6 is 0 Å². The van der Waals surface area contributed by atoms with Crippen molar-refractivity contribution < 1.29 is 4.42 Å². The van der Waals surface area contributed by atoms with Crippen LogP contribution in [0.1, 0.15) is 43.1 Å². The molecular formula is C20H28N2O. The number of furan rings is 1. The van der Waals surface area contributed by atoms with Crippen LogP contribution in [-0.2, 0) is 19.3 Å². The summed E-state index contributed by atoms with van der Waals surface area (Å²) in [7, 11) is 0. The summed E-state index contributed by atoms with van der Waals surface area (Å²) in [4.78, 5) is 2.65. The Hall–Kier alpha value is -1.74. The first-order valence-corrected chi connectivity index (χ1v) is 8.90. The van der Waals surface area contributed by atoms with Crippen molar-refractivity contribution in [3.8, 4) is 0 Å². The normalized spacial score (nSPS) is 17.4. The molecule has 2 N–H and O–H groups in total. The van der Waals surface area contributed by atoms with Crippen LogP contribution in [0.4, 0.5) is 5.69 Å². The van der Waals surface area contributed by atoms with Crippen LogP contribution in [0.5, 0.6) is 0 Å². The summed E-state index contributed by atoms with van der Waals surface area (Å²) in [6.45, 7) is 4.59. The number of aryl methyl sites for hydroxylation is 1. The maximum atomic E-state index is 6.12. The predicted molar refractivity (Wildman–Crippen MR) is 95.6 cm³/mol. The highest BCUT2D eigenvalue weighted by atomic mass is 16.3. The molecule has 0 fully saturated rings. The number of rotatable bonds is 7. The fourth-order valence-corrected chi connectivity index (χ4v) is 3.80. The monoisotopic (exact) mass is 312 g/mol. The zero-order valence-corrected chi connectivity index (χ0v) is 14.1. The van der Waals surface area contributed by atoms with Crippen molar-refractivity contribution in [2.75, 3.05) is 18.8 Å². The maximum Gasteiger partial charge on any atom is 0.103 e. The molecule has 1 heterocycles. The van der Waals surface area contributed by atoms with E-state index in [1.807, 2.05) is 12.1 Å². The number of nitrogen functional groups attached to an aromatic ring is 1. The molecule has 0 saturated heterocycles. The van der Waals surface area contributed by atoms with E-state index in [9.17, 15) is 0 Å². The van der Waals surface area contributed by atoms with Gasteiger partial charge >= 0.3 is 0 Å². The fourth-order valence-electron chi connectivity index (χ4n) is 3.80. The number of fused-ring (bicyclic) bond motifs is 1. The molecule has 23 heavy (non-hydrogen) atoms. The van der Waals surface area contributed by atoms with Crippen molar-refractivity contribution in [2.24, 2.45) is 0 Å². The Morgan fingerprint density at radius 1 is 1.22 bits per heavy atom. The van der Waals surface area contributed by atoms with Crippen LogP contribution in [0.15, 0.2) is 41.0 Å². The van der Waals surface area contributed by atoms with Gasteiger partial charge in [-0.25, -0.2) is 0 Å². The molecule has 1 atom stereocenters. The average molecular weight is 312 g/mol. The molecule has 2 aromatic rings. The molecule has 0 spiro atoms. The van der Waals surface area contributed by atoms with Gasteiger partial charge in [-0.15, -0.1) is 0 Å². The Morgan fingerprint density at radius 2 is 2.13 bits per heavy atom. The first-order chi connectivity index (χ1) is 11.3. The molecule has 0 bridgehead atoms. The number of hydrogen-bond donors (Lipinski definition) is 1. The summed E-state index contributed by atoms with van der Waals surface area (Å²) in [5.41, 5.74) is 9.93. The van der Waals surface area contributed by atoms with E-state index in [1.54, 1.807) is 6.26 Å². The highest BCUT2D eigenvalue weighted by Crippen LogP contribution is 2.28. The molecule has 124 valence electrons. The van der Waals surface area contributed by atoms with Crippen molar-refractivity contribution >= 4 is 5.69 Å². The van der Waals surface area contributed by atoms with Crippen LogP contribution in [0.2, 0.25) is 0 Å². The second-order valence-electron chi connectivity index (χ2n) is 6.55. The van der Waals surface area contributed by atoms with Gasteiger partial charge in [0.25, 0.3) is 0 Å². The Kier molecular flexibility index (Phi) is 5.39. The summed E-state index contributed by atoms with van der Waals surface area (Å²) in [6, 6.07) is 11.1. The van der Waals surface area contributed by atoms with Crippen molar-refractivity contribution in [1.29, 1.82) is 0 Å². The van der Waals surface area contributed by atoms with Gasteiger partial charge in [-0.05, 0) is 74.5 Å². The fraction of sp³-hybridized carbons (Fsp3) is 0.500. The van der Waals surface area contributed by atoms with Crippen LogP contribution in [0, 0.1) is 0 Å². The van der Waals surface area contributed by atoms with Gasteiger partial charge in [-0.2, -0.15) is 0 Å². The van der Waals surface area contributed by atoms with Crippen molar-refractivity contribution in [1.82, 2.24) is 4.90 Å². The van der Waals surface area contributed by atoms with Gasteiger partial charge in [-0.3, -0.25) is 0 Å². The van der Waals surface area contributed by atoms with E-state index in [2.05, 4.69) is 30.0 Å². The maximum absolute atomic E-state index is 6.12.